The van der Waals surface area contributed by atoms with Crippen LogP contribution >= 0.6 is 0 Å². The average molecular weight is 242 g/mol. The number of hydrogen-bond donors (Lipinski definition) is 1. The summed E-state index contributed by atoms with van der Waals surface area (Å²) in [5.74, 6) is -0.690. The fourth-order valence-corrected chi connectivity index (χ4v) is 1.34. The van der Waals surface area contributed by atoms with Crippen LogP contribution in [0.4, 0.5) is 0 Å². The van der Waals surface area contributed by atoms with E-state index in [1.807, 2.05) is 6.07 Å². The van der Waals surface area contributed by atoms with Gasteiger partial charge in [0.1, 0.15) is 5.76 Å². The number of pyridine rings is 1. The maximum atomic E-state index is 11.3. The Kier molecular flexibility index (Phi) is 3.33. The highest BCUT2D eigenvalue weighted by molar-refractivity contribution is 5.89. The van der Waals surface area contributed by atoms with Crippen LogP contribution in [0.25, 0.3) is 12.2 Å². The van der Waals surface area contributed by atoms with E-state index in [0.717, 1.165) is 6.07 Å². The van der Waals surface area contributed by atoms with Gasteiger partial charge >= 0.3 is 0 Å². The van der Waals surface area contributed by atoms with Crippen molar-refractivity contribution in [2.24, 2.45) is 5.73 Å². The van der Waals surface area contributed by atoms with Gasteiger partial charge in [-0.1, -0.05) is 6.07 Å². The monoisotopic (exact) mass is 242 g/mol. The van der Waals surface area contributed by atoms with Crippen molar-refractivity contribution in [1.29, 1.82) is 0 Å². The molecule has 2 rings (SSSR count). The number of carbonyl (C=O) groups excluding carboxylic acids is 1. The molecule has 0 saturated heterocycles. The summed E-state index contributed by atoms with van der Waals surface area (Å²) in [6.45, 7) is 0. The summed E-state index contributed by atoms with van der Waals surface area (Å²) >= 11 is 0. The lowest BCUT2D eigenvalue weighted by Crippen LogP contribution is -2.14. The largest absolute Gasteiger partial charge is 0.451 e. The Morgan fingerprint density at radius 3 is 2.78 bits per heavy atom. The molecule has 2 aromatic heterocycles. The number of nitrogens with zero attached hydrogens (tertiary/aromatic N) is 1. The number of nitrogens with two attached hydrogens (primary N) is 1. The second kappa shape index (κ2) is 5.09. The van der Waals surface area contributed by atoms with Crippen LogP contribution in [0.1, 0.15) is 22.0 Å². The Bertz CT molecular complexity index is 645. The normalized spacial score (nSPS) is 10.7. The zero-order valence-corrected chi connectivity index (χ0v) is 9.37. The van der Waals surface area contributed by atoms with E-state index in [4.69, 9.17) is 10.2 Å². The lowest BCUT2D eigenvalue weighted by molar-refractivity contribution is 0.0971. The van der Waals surface area contributed by atoms with Crippen molar-refractivity contribution < 1.29 is 9.21 Å². The van der Waals surface area contributed by atoms with Gasteiger partial charge in [-0.05, 0) is 24.3 Å². The number of rotatable bonds is 3. The van der Waals surface area contributed by atoms with Gasteiger partial charge in [-0.2, -0.15) is 0 Å². The van der Waals surface area contributed by atoms with E-state index in [1.165, 1.54) is 6.07 Å². The lowest BCUT2D eigenvalue weighted by atomic mass is 10.2. The molecule has 0 bridgehead atoms. The molecule has 0 radical (unpaired) electrons. The van der Waals surface area contributed by atoms with Crippen LogP contribution in [0.15, 0.2) is 45.7 Å². The fourth-order valence-electron chi connectivity index (χ4n) is 1.34. The summed E-state index contributed by atoms with van der Waals surface area (Å²) in [5.41, 5.74) is 5.43. The van der Waals surface area contributed by atoms with E-state index < -0.39 is 5.91 Å². The number of aromatic nitrogens is 1. The first-order valence-electron chi connectivity index (χ1n) is 5.19. The van der Waals surface area contributed by atoms with Gasteiger partial charge in [0.05, 0.1) is 5.69 Å². The molecule has 5 nitrogen and oxygen atoms in total. The molecule has 0 saturated carbocycles. The van der Waals surface area contributed by atoms with Crippen LogP contribution in [0.2, 0.25) is 0 Å². The molecule has 0 aliphatic heterocycles. The fraction of sp³-hybridized carbons (Fsp3) is 0. The Hall–Kier alpha value is -2.69. The van der Waals surface area contributed by atoms with E-state index in [0.29, 0.717) is 5.69 Å². The predicted molar refractivity (Wildman–Crippen MR) is 66.7 cm³/mol. The molecule has 0 aromatic carbocycles. The SMILES string of the molecule is NC(=O)c1cc(=O)cc(/C=C/c2ccccn2)o1. The molecule has 90 valence electrons. The molecule has 18 heavy (non-hydrogen) atoms. The van der Waals surface area contributed by atoms with Crippen LogP contribution in [0.3, 0.4) is 0 Å². The van der Waals surface area contributed by atoms with Gasteiger partial charge in [0.2, 0.25) is 0 Å². The summed E-state index contributed by atoms with van der Waals surface area (Å²) in [4.78, 5) is 26.3. The molecular formula is C13H10N2O3. The molecule has 0 aliphatic carbocycles. The second-order valence-corrected chi connectivity index (χ2v) is 3.51. The van der Waals surface area contributed by atoms with Gasteiger partial charge < -0.3 is 10.2 Å². The third-order valence-electron chi connectivity index (χ3n) is 2.13. The van der Waals surface area contributed by atoms with Gasteiger partial charge in [0.15, 0.2) is 11.2 Å². The van der Waals surface area contributed by atoms with Crippen LogP contribution < -0.4 is 11.2 Å². The van der Waals surface area contributed by atoms with Crippen molar-refractivity contribution in [3.05, 3.63) is 64.0 Å². The van der Waals surface area contributed by atoms with E-state index in [2.05, 4.69) is 4.98 Å². The van der Waals surface area contributed by atoms with Crippen LogP contribution in [-0.2, 0) is 0 Å². The van der Waals surface area contributed by atoms with Crippen molar-refractivity contribution in [2.45, 2.75) is 0 Å². The first-order chi connectivity index (χ1) is 8.65. The zero-order chi connectivity index (χ0) is 13.0. The highest BCUT2D eigenvalue weighted by atomic mass is 16.3. The topological polar surface area (TPSA) is 86.2 Å². The van der Waals surface area contributed by atoms with Gasteiger partial charge in [0, 0.05) is 18.3 Å². The van der Waals surface area contributed by atoms with E-state index in [9.17, 15) is 9.59 Å². The summed E-state index contributed by atoms with van der Waals surface area (Å²) in [6, 6.07) is 7.76. The van der Waals surface area contributed by atoms with Crippen molar-refractivity contribution in [2.75, 3.05) is 0 Å². The minimum absolute atomic E-state index is 0.164. The number of hydrogen-bond acceptors (Lipinski definition) is 4. The van der Waals surface area contributed by atoms with E-state index in [-0.39, 0.29) is 16.9 Å². The summed E-state index contributed by atoms with van der Waals surface area (Å²) < 4.78 is 5.15. The average Bonchev–Trinajstić information content (AvgIpc) is 2.37. The number of amides is 1. The quantitative estimate of drug-likeness (QED) is 0.878. The minimum Gasteiger partial charge on any atom is -0.451 e. The summed E-state index contributed by atoms with van der Waals surface area (Å²) in [7, 11) is 0. The smallest absolute Gasteiger partial charge is 0.284 e. The van der Waals surface area contributed by atoms with E-state index in [1.54, 1.807) is 30.5 Å². The Morgan fingerprint density at radius 1 is 1.28 bits per heavy atom. The highest BCUT2D eigenvalue weighted by Gasteiger charge is 2.05. The van der Waals surface area contributed by atoms with Gasteiger partial charge in [-0.3, -0.25) is 14.6 Å². The number of carbonyl (C=O) groups is 1. The summed E-state index contributed by atoms with van der Waals surface area (Å²) in [6.07, 6.45) is 4.87. The highest BCUT2D eigenvalue weighted by Crippen LogP contribution is 2.06. The predicted octanol–water partition coefficient (Wildman–Crippen LogP) is 1.30. The molecule has 0 aliphatic rings. The minimum atomic E-state index is -0.778. The first kappa shape index (κ1) is 11.8. The van der Waals surface area contributed by atoms with Crippen LogP contribution in [0, 0.1) is 0 Å². The lowest BCUT2D eigenvalue weighted by Gasteiger charge is -1.97. The van der Waals surface area contributed by atoms with Crippen molar-refractivity contribution in [1.82, 2.24) is 4.98 Å². The second-order valence-electron chi connectivity index (χ2n) is 3.51. The first-order valence-corrected chi connectivity index (χ1v) is 5.19. The molecule has 0 unspecified atom stereocenters. The zero-order valence-electron chi connectivity index (χ0n) is 9.37. The van der Waals surface area contributed by atoms with E-state index >= 15 is 0 Å². The molecule has 0 fully saturated rings. The summed E-state index contributed by atoms with van der Waals surface area (Å²) in [5, 5.41) is 0. The Balaban J connectivity index is 2.32. The molecule has 5 heteroatoms. The maximum absolute atomic E-state index is 11.3. The van der Waals surface area contributed by atoms with Crippen molar-refractivity contribution >= 4 is 18.1 Å². The van der Waals surface area contributed by atoms with Crippen LogP contribution in [0.5, 0.6) is 0 Å². The molecule has 1 amide bonds. The molecule has 0 atom stereocenters. The molecule has 2 N–H and O–H groups in total. The molecule has 0 spiro atoms. The molecule has 2 aromatic rings. The molecular weight excluding hydrogens is 232 g/mol. The van der Waals surface area contributed by atoms with Crippen molar-refractivity contribution in [3.63, 3.8) is 0 Å². The Labute approximate surface area is 103 Å². The van der Waals surface area contributed by atoms with Crippen molar-refractivity contribution in [3.8, 4) is 0 Å². The standard InChI is InChI=1S/C13H10N2O3/c14-13(17)12-8-10(16)7-11(18-12)5-4-9-3-1-2-6-15-9/h1-8H,(H2,14,17)/b5-4+. The van der Waals surface area contributed by atoms with Gasteiger partial charge in [0.25, 0.3) is 5.91 Å². The number of primary amides is 1. The Morgan fingerprint density at radius 2 is 2.11 bits per heavy atom. The van der Waals surface area contributed by atoms with Crippen LogP contribution in [-0.4, -0.2) is 10.9 Å². The third kappa shape index (κ3) is 2.91. The third-order valence-corrected chi connectivity index (χ3v) is 2.13. The van der Waals surface area contributed by atoms with Gasteiger partial charge in [-0.25, -0.2) is 0 Å². The maximum Gasteiger partial charge on any atom is 0.284 e. The molecule has 2 heterocycles. The van der Waals surface area contributed by atoms with Gasteiger partial charge in [-0.15, -0.1) is 0 Å².